The van der Waals surface area contributed by atoms with Crippen LogP contribution >= 0.6 is 0 Å². The van der Waals surface area contributed by atoms with Crippen molar-refractivity contribution in [3.05, 3.63) is 162 Å². The number of rotatable bonds is 11. The number of nitrogens with zero attached hydrogens (tertiary/aromatic N) is 2. The SMILES string of the molecule is O=C(NC(Cc1ccccc1)CN(C(=O)c1ccc2ccccc2c1)C(Cc1ccccc1)C(=O)O)c1cccc2cccnc12. The zero-order valence-corrected chi connectivity index (χ0v) is 25.1. The minimum atomic E-state index is -1.18. The Morgan fingerprint density at radius 1 is 0.674 bits per heavy atom. The van der Waals surface area contributed by atoms with Crippen molar-refractivity contribution in [3.8, 4) is 0 Å². The molecule has 0 aliphatic rings. The molecule has 2 amide bonds. The van der Waals surface area contributed by atoms with Crippen LogP contribution in [0.1, 0.15) is 31.8 Å². The van der Waals surface area contributed by atoms with Crippen LogP contribution in [0.3, 0.4) is 0 Å². The molecule has 7 heteroatoms. The van der Waals surface area contributed by atoms with Gasteiger partial charge in [0.2, 0.25) is 0 Å². The number of nitrogens with one attached hydrogen (secondary N) is 1. The molecule has 0 bridgehead atoms. The number of hydrogen-bond acceptors (Lipinski definition) is 4. The van der Waals surface area contributed by atoms with E-state index in [-0.39, 0.29) is 18.9 Å². The third kappa shape index (κ3) is 6.94. The van der Waals surface area contributed by atoms with Crippen molar-refractivity contribution in [2.75, 3.05) is 6.54 Å². The minimum Gasteiger partial charge on any atom is -0.480 e. The molecule has 7 nitrogen and oxygen atoms in total. The van der Waals surface area contributed by atoms with Gasteiger partial charge in [0, 0.05) is 30.1 Å². The van der Waals surface area contributed by atoms with Crippen LogP contribution in [0.5, 0.6) is 0 Å². The van der Waals surface area contributed by atoms with Gasteiger partial charge in [-0.1, -0.05) is 109 Å². The number of aromatic nitrogens is 1. The fraction of sp³-hybridized carbons (Fsp3) is 0.128. The number of hydrogen-bond donors (Lipinski definition) is 2. The molecule has 0 spiro atoms. The van der Waals surface area contributed by atoms with Gasteiger partial charge in [-0.05, 0) is 52.6 Å². The first kappa shape index (κ1) is 30.2. The molecule has 1 heterocycles. The normalized spacial score (nSPS) is 12.3. The number of aliphatic carboxylic acids is 1. The molecule has 0 fully saturated rings. The van der Waals surface area contributed by atoms with Crippen molar-refractivity contribution < 1.29 is 19.5 Å². The van der Waals surface area contributed by atoms with E-state index in [1.165, 1.54) is 4.90 Å². The first-order valence-corrected chi connectivity index (χ1v) is 15.2. The average Bonchev–Trinajstić information content (AvgIpc) is 3.09. The van der Waals surface area contributed by atoms with Crippen LogP contribution in [0.15, 0.2) is 140 Å². The quantitative estimate of drug-likeness (QED) is 0.174. The Kier molecular flexibility index (Phi) is 9.11. The smallest absolute Gasteiger partial charge is 0.326 e. The Hall–Kier alpha value is -5.82. The van der Waals surface area contributed by atoms with E-state index in [9.17, 15) is 19.5 Å². The molecule has 5 aromatic carbocycles. The standard InChI is InChI=1S/C39H33N3O4/c43-37(34-19-9-17-30-18-10-22-40-36(30)34)41-33(23-27-11-3-1-4-12-27)26-42(35(39(45)46)24-28-13-5-2-6-14-28)38(44)32-21-20-29-15-7-8-16-31(29)25-32/h1-22,25,33,35H,23-24,26H2,(H,41,43)(H,45,46). The number of pyridine rings is 1. The molecule has 6 rings (SSSR count). The van der Waals surface area contributed by atoms with E-state index in [1.807, 2.05) is 109 Å². The van der Waals surface area contributed by atoms with Crippen LogP contribution in [0.25, 0.3) is 21.7 Å². The second-order valence-corrected chi connectivity index (χ2v) is 11.3. The number of amides is 2. The molecule has 2 atom stereocenters. The van der Waals surface area contributed by atoms with E-state index in [1.54, 1.807) is 30.5 Å². The summed E-state index contributed by atoms with van der Waals surface area (Å²) in [5.74, 6) is -1.90. The molecule has 0 radical (unpaired) electrons. The maximum Gasteiger partial charge on any atom is 0.326 e. The second kappa shape index (κ2) is 13.9. The molecule has 1 aromatic heterocycles. The van der Waals surface area contributed by atoms with Crippen LogP contribution in [0.4, 0.5) is 0 Å². The Bertz CT molecular complexity index is 1990. The van der Waals surface area contributed by atoms with Crippen molar-refractivity contribution in [1.29, 1.82) is 0 Å². The molecule has 46 heavy (non-hydrogen) atoms. The lowest BCUT2D eigenvalue weighted by Gasteiger charge is -2.33. The highest BCUT2D eigenvalue weighted by Crippen LogP contribution is 2.21. The van der Waals surface area contributed by atoms with Gasteiger partial charge in [0.1, 0.15) is 6.04 Å². The molecule has 0 aliphatic carbocycles. The van der Waals surface area contributed by atoms with Gasteiger partial charge in [-0.2, -0.15) is 0 Å². The summed E-state index contributed by atoms with van der Waals surface area (Å²) in [6.07, 6.45) is 2.13. The second-order valence-electron chi connectivity index (χ2n) is 11.3. The topological polar surface area (TPSA) is 99.6 Å². The maximum atomic E-state index is 14.4. The van der Waals surface area contributed by atoms with Crippen molar-refractivity contribution in [3.63, 3.8) is 0 Å². The summed E-state index contributed by atoms with van der Waals surface area (Å²) in [7, 11) is 0. The average molecular weight is 608 g/mol. The van der Waals surface area contributed by atoms with E-state index < -0.39 is 24.0 Å². The number of carboxylic acids is 1. The van der Waals surface area contributed by atoms with Crippen molar-refractivity contribution in [1.82, 2.24) is 15.2 Å². The monoisotopic (exact) mass is 607 g/mol. The Morgan fingerprint density at radius 3 is 2.02 bits per heavy atom. The highest BCUT2D eigenvalue weighted by Gasteiger charge is 2.33. The van der Waals surface area contributed by atoms with Crippen LogP contribution in [-0.2, 0) is 17.6 Å². The third-order valence-electron chi connectivity index (χ3n) is 8.15. The summed E-state index contributed by atoms with van der Waals surface area (Å²) in [6, 6.07) is 39.3. The largest absolute Gasteiger partial charge is 0.480 e. The lowest BCUT2D eigenvalue weighted by Crippen LogP contribution is -2.53. The van der Waals surface area contributed by atoms with E-state index in [4.69, 9.17) is 0 Å². The van der Waals surface area contributed by atoms with Gasteiger partial charge in [0.05, 0.1) is 17.1 Å². The number of carbonyl (C=O) groups is 3. The maximum absolute atomic E-state index is 14.4. The van der Waals surface area contributed by atoms with Gasteiger partial charge >= 0.3 is 5.97 Å². The summed E-state index contributed by atoms with van der Waals surface area (Å²) in [6.45, 7) is -0.0334. The van der Waals surface area contributed by atoms with Crippen LogP contribution in [0, 0.1) is 0 Å². The summed E-state index contributed by atoms with van der Waals surface area (Å²) in [5.41, 5.74) is 3.08. The van der Waals surface area contributed by atoms with E-state index in [2.05, 4.69) is 10.3 Å². The van der Waals surface area contributed by atoms with Crippen molar-refractivity contribution in [2.24, 2.45) is 0 Å². The predicted molar refractivity (Wildman–Crippen MR) is 180 cm³/mol. The minimum absolute atomic E-state index is 0.0334. The van der Waals surface area contributed by atoms with Crippen molar-refractivity contribution >= 4 is 39.5 Å². The first-order chi connectivity index (χ1) is 22.5. The highest BCUT2D eigenvalue weighted by atomic mass is 16.4. The van der Waals surface area contributed by atoms with Crippen molar-refractivity contribution in [2.45, 2.75) is 24.9 Å². The lowest BCUT2D eigenvalue weighted by molar-refractivity contribution is -0.142. The van der Waals surface area contributed by atoms with E-state index >= 15 is 0 Å². The summed E-state index contributed by atoms with van der Waals surface area (Å²) in [5, 5.41) is 16.4. The molecule has 2 unspecified atom stereocenters. The predicted octanol–water partition coefficient (Wildman–Crippen LogP) is 6.57. The molecular formula is C39H33N3O4. The molecule has 0 aliphatic heterocycles. The molecule has 0 saturated carbocycles. The first-order valence-electron chi connectivity index (χ1n) is 15.2. The van der Waals surface area contributed by atoms with Gasteiger partial charge in [-0.15, -0.1) is 0 Å². The Morgan fingerprint density at radius 2 is 1.30 bits per heavy atom. The number of fused-ring (bicyclic) bond motifs is 2. The Labute approximate surface area is 267 Å². The molecule has 228 valence electrons. The van der Waals surface area contributed by atoms with Crippen LogP contribution < -0.4 is 5.32 Å². The third-order valence-corrected chi connectivity index (χ3v) is 8.15. The summed E-state index contributed by atoms with van der Waals surface area (Å²) < 4.78 is 0. The van der Waals surface area contributed by atoms with Gasteiger partial charge in [-0.25, -0.2) is 4.79 Å². The number of carbonyl (C=O) groups excluding carboxylic acids is 2. The van der Waals surface area contributed by atoms with E-state index in [0.29, 0.717) is 23.1 Å². The van der Waals surface area contributed by atoms with Gasteiger partial charge < -0.3 is 15.3 Å². The number of benzene rings is 5. The van der Waals surface area contributed by atoms with Gasteiger partial charge in [0.25, 0.3) is 11.8 Å². The van der Waals surface area contributed by atoms with Gasteiger partial charge in [0.15, 0.2) is 0 Å². The number of carboxylic acid groups (broad SMARTS) is 1. The number of para-hydroxylation sites is 1. The highest BCUT2D eigenvalue weighted by molar-refractivity contribution is 6.05. The molecule has 6 aromatic rings. The molecular weight excluding hydrogens is 574 g/mol. The lowest BCUT2D eigenvalue weighted by atomic mass is 9.99. The van der Waals surface area contributed by atoms with Gasteiger partial charge in [-0.3, -0.25) is 14.6 Å². The fourth-order valence-corrected chi connectivity index (χ4v) is 5.86. The van der Waals surface area contributed by atoms with E-state index in [0.717, 1.165) is 27.3 Å². The Balaban J connectivity index is 1.39. The summed E-state index contributed by atoms with van der Waals surface area (Å²) in [4.78, 5) is 47.0. The fourth-order valence-electron chi connectivity index (χ4n) is 5.86. The molecule has 0 saturated heterocycles. The van der Waals surface area contributed by atoms with Crippen LogP contribution in [-0.4, -0.2) is 51.4 Å². The summed E-state index contributed by atoms with van der Waals surface area (Å²) >= 11 is 0. The molecule has 2 N–H and O–H groups in total. The zero-order chi connectivity index (χ0) is 31.9. The van der Waals surface area contributed by atoms with Crippen LogP contribution in [0.2, 0.25) is 0 Å². The zero-order valence-electron chi connectivity index (χ0n) is 25.1.